The maximum absolute atomic E-state index is 9.27. The van der Waals surface area contributed by atoms with Crippen LogP contribution in [0.3, 0.4) is 0 Å². The Hall–Kier alpha value is -3.44. The van der Waals surface area contributed by atoms with Crippen molar-refractivity contribution in [2.24, 2.45) is 0 Å². The second-order valence-corrected chi connectivity index (χ2v) is 6.59. The average molecular weight is 378 g/mol. The lowest BCUT2D eigenvalue weighted by atomic mass is 10.1. The largest absolute Gasteiger partial charge is 0.496 e. The van der Waals surface area contributed by atoms with Gasteiger partial charge in [-0.15, -0.1) is 0 Å². The van der Waals surface area contributed by atoms with Crippen molar-refractivity contribution < 1.29 is 9.47 Å². The molecule has 0 bridgehead atoms. The van der Waals surface area contributed by atoms with Gasteiger partial charge >= 0.3 is 0 Å². The number of rotatable bonds is 7. The average Bonchev–Trinajstić information content (AvgIpc) is 2.67. The molecule has 1 aromatic carbocycles. The third-order valence-electron chi connectivity index (χ3n) is 3.98. The SMILES string of the molecule is COc1cccc2cc(Nc3cnc(C#N)c(O[C@H](C)CN(C)C)n3)ncc12. The summed E-state index contributed by atoms with van der Waals surface area (Å²) < 4.78 is 11.2. The van der Waals surface area contributed by atoms with E-state index < -0.39 is 0 Å². The number of hydrogen-bond donors (Lipinski definition) is 1. The molecule has 0 spiro atoms. The minimum Gasteiger partial charge on any atom is -0.496 e. The van der Waals surface area contributed by atoms with Crippen LogP contribution in [0, 0.1) is 11.3 Å². The van der Waals surface area contributed by atoms with Crippen LogP contribution in [0.2, 0.25) is 0 Å². The molecule has 0 fully saturated rings. The number of aromatic nitrogens is 3. The fraction of sp³-hybridized carbons (Fsp3) is 0.300. The molecule has 1 atom stereocenters. The van der Waals surface area contributed by atoms with Crippen LogP contribution in [0.25, 0.3) is 10.8 Å². The van der Waals surface area contributed by atoms with Crippen molar-refractivity contribution in [2.75, 3.05) is 33.1 Å². The van der Waals surface area contributed by atoms with E-state index in [1.165, 1.54) is 6.20 Å². The normalized spacial score (nSPS) is 11.9. The molecule has 3 aromatic rings. The van der Waals surface area contributed by atoms with Gasteiger partial charge in [0.1, 0.15) is 23.7 Å². The first kappa shape index (κ1) is 19.3. The van der Waals surface area contributed by atoms with E-state index >= 15 is 0 Å². The van der Waals surface area contributed by atoms with Crippen LogP contribution in [0.4, 0.5) is 11.6 Å². The molecule has 0 unspecified atom stereocenters. The predicted octanol–water partition coefficient (Wildman–Crippen LogP) is 2.98. The summed E-state index contributed by atoms with van der Waals surface area (Å²) in [4.78, 5) is 15.0. The maximum Gasteiger partial charge on any atom is 0.253 e. The molecule has 0 saturated carbocycles. The van der Waals surface area contributed by atoms with E-state index in [1.54, 1.807) is 13.3 Å². The lowest BCUT2D eigenvalue weighted by molar-refractivity contribution is 0.169. The number of pyridine rings is 1. The van der Waals surface area contributed by atoms with E-state index in [4.69, 9.17) is 9.47 Å². The van der Waals surface area contributed by atoms with Crippen molar-refractivity contribution in [1.29, 1.82) is 5.26 Å². The summed E-state index contributed by atoms with van der Waals surface area (Å²) >= 11 is 0. The van der Waals surface area contributed by atoms with E-state index in [2.05, 4.69) is 20.3 Å². The van der Waals surface area contributed by atoms with Crippen LogP contribution in [0.5, 0.6) is 11.6 Å². The van der Waals surface area contributed by atoms with Crippen molar-refractivity contribution in [3.8, 4) is 17.7 Å². The Morgan fingerprint density at radius 1 is 1.21 bits per heavy atom. The summed E-state index contributed by atoms with van der Waals surface area (Å²) in [5.74, 6) is 2.01. The molecule has 0 amide bonds. The zero-order valence-corrected chi connectivity index (χ0v) is 16.3. The van der Waals surface area contributed by atoms with Gasteiger partial charge in [0, 0.05) is 18.1 Å². The second kappa shape index (κ2) is 8.50. The molecular weight excluding hydrogens is 356 g/mol. The smallest absolute Gasteiger partial charge is 0.253 e. The number of anilines is 2. The molecule has 8 nitrogen and oxygen atoms in total. The van der Waals surface area contributed by atoms with Crippen LogP contribution in [-0.4, -0.2) is 53.7 Å². The number of nitrogens with zero attached hydrogens (tertiary/aromatic N) is 5. The van der Waals surface area contributed by atoms with Gasteiger partial charge in [0.25, 0.3) is 5.88 Å². The number of nitrogens with one attached hydrogen (secondary N) is 1. The summed E-state index contributed by atoms with van der Waals surface area (Å²) in [7, 11) is 5.54. The number of likely N-dealkylation sites (N-methyl/N-ethyl adjacent to an activating group) is 1. The molecule has 3 rings (SSSR count). The minimum atomic E-state index is -0.141. The third kappa shape index (κ3) is 4.45. The van der Waals surface area contributed by atoms with Crippen LogP contribution in [0.1, 0.15) is 12.6 Å². The van der Waals surface area contributed by atoms with Gasteiger partial charge in [-0.25, -0.2) is 9.97 Å². The summed E-state index contributed by atoms with van der Waals surface area (Å²) in [6.45, 7) is 2.61. The van der Waals surface area contributed by atoms with Gasteiger partial charge in [-0.1, -0.05) is 12.1 Å². The Balaban J connectivity index is 1.85. The Kier molecular flexibility index (Phi) is 5.87. The van der Waals surface area contributed by atoms with Crippen molar-refractivity contribution >= 4 is 22.4 Å². The number of nitriles is 1. The predicted molar refractivity (Wildman–Crippen MR) is 107 cm³/mol. The van der Waals surface area contributed by atoms with Crippen molar-refractivity contribution in [1.82, 2.24) is 19.9 Å². The monoisotopic (exact) mass is 378 g/mol. The zero-order valence-electron chi connectivity index (χ0n) is 16.3. The number of methoxy groups -OCH3 is 1. The van der Waals surface area contributed by atoms with Crippen LogP contribution < -0.4 is 14.8 Å². The Labute approximate surface area is 163 Å². The molecule has 2 aromatic heterocycles. The highest BCUT2D eigenvalue weighted by atomic mass is 16.5. The van der Waals surface area contributed by atoms with E-state index in [-0.39, 0.29) is 17.7 Å². The standard InChI is InChI=1S/C20H22N6O2/c1-13(12-26(2)3)28-20-16(9-21)22-11-19(25-20)24-18-8-14-6-5-7-17(27-4)15(14)10-23-18/h5-8,10-11,13H,12H2,1-4H3,(H,23,24,25)/t13-/m1/s1. The molecule has 0 radical (unpaired) electrons. The van der Waals surface area contributed by atoms with Crippen molar-refractivity contribution in [3.05, 3.63) is 42.4 Å². The highest BCUT2D eigenvalue weighted by Gasteiger charge is 2.14. The molecule has 0 saturated heterocycles. The number of benzene rings is 1. The maximum atomic E-state index is 9.27. The van der Waals surface area contributed by atoms with Crippen LogP contribution in [-0.2, 0) is 0 Å². The van der Waals surface area contributed by atoms with Gasteiger partial charge in [-0.2, -0.15) is 10.2 Å². The third-order valence-corrected chi connectivity index (χ3v) is 3.98. The first-order valence-electron chi connectivity index (χ1n) is 8.78. The number of fused-ring (bicyclic) bond motifs is 1. The number of ether oxygens (including phenoxy) is 2. The highest BCUT2D eigenvalue weighted by Crippen LogP contribution is 2.27. The Morgan fingerprint density at radius 3 is 2.75 bits per heavy atom. The lowest BCUT2D eigenvalue weighted by Crippen LogP contribution is -2.28. The molecular formula is C20H22N6O2. The van der Waals surface area contributed by atoms with Gasteiger partial charge in [-0.05, 0) is 38.5 Å². The van der Waals surface area contributed by atoms with Crippen LogP contribution >= 0.6 is 0 Å². The van der Waals surface area contributed by atoms with E-state index in [0.29, 0.717) is 18.2 Å². The zero-order chi connectivity index (χ0) is 20.1. The van der Waals surface area contributed by atoms with Crippen molar-refractivity contribution in [2.45, 2.75) is 13.0 Å². The van der Waals surface area contributed by atoms with Gasteiger partial charge in [0.05, 0.1) is 13.3 Å². The number of hydrogen-bond acceptors (Lipinski definition) is 8. The molecule has 1 N–H and O–H groups in total. The van der Waals surface area contributed by atoms with Gasteiger partial charge in [0.15, 0.2) is 5.82 Å². The van der Waals surface area contributed by atoms with Crippen LogP contribution in [0.15, 0.2) is 36.7 Å². The molecule has 28 heavy (non-hydrogen) atoms. The molecule has 0 aliphatic rings. The Bertz CT molecular complexity index is 1020. The molecule has 8 heteroatoms. The topological polar surface area (TPSA) is 96.2 Å². The fourth-order valence-corrected chi connectivity index (χ4v) is 2.85. The quantitative estimate of drug-likeness (QED) is 0.670. The fourth-order valence-electron chi connectivity index (χ4n) is 2.85. The molecule has 144 valence electrons. The first-order chi connectivity index (χ1) is 13.5. The van der Waals surface area contributed by atoms with Gasteiger partial charge in [-0.3, -0.25) is 0 Å². The summed E-state index contributed by atoms with van der Waals surface area (Å²) in [5.41, 5.74) is 0.146. The lowest BCUT2D eigenvalue weighted by Gasteiger charge is -2.18. The summed E-state index contributed by atoms with van der Waals surface area (Å²) in [6.07, 6.45) is 3.08. The van der Waals surface area contributed by atoms with Crippen molar-refractivity contribution in [3.63, 3.8) is 0 Å². The van der Waals surface area contributed by atoms with Gasteiger partial charge < -0.3 is 19.7 Å². The molecule has 0 aliphatic heterocycles. The minimum absolute atomic E-state index is 0.141. The highest BCUT2D eigenvalue weighted by molar-refractivity contribution is 5.89. The van der Waals surface area contributed by atoms with E-state index in [9.17, 15) is 5.26 Å². The second-order valence-electron chi connectivity index (χ2n) is 6.59. The Morgan fingerprint density at radius 2 is 2.04 bits per heavy atom. The van der Waals surface area contributed by atoms with E-state index in [0.717, 1.165) is 16.5 Å². The molecule has 2 heterocycles. The molecule has 0 aliphatic carbocycles. The summed E-state index contributed by atoms with van der Waals surface area (Å²) in [6, 6.07) is 9.70. The van der Waals surface area contributed by atoms with Gasteiger partial charge in [0.2, 0.25) is 5.69 Å². The van der Waals surface area contributed by atoms with E-state index in [1.807, 2.05) is 56.3 Å². The summed E-state index contributed by atoms with van der Waals surface area (Å²) in [5, 5.41) is 14.3. The first-order valence-corrected chi connectivity index (χ1v) is 8.78.